The standard InChI is InChI=1S/C3H7.2CH4.W.Y/c1-3-2;;;;/h1,3H2,2H3;2*1H4;;/q-1;;;;. The van der Waals surface area contributed by atoms with E-state index in [4.69, 9.17) is 0 Å². The van der Waals surface area contributed by atoms with Crippen LogP contribution < -0.4 is 0 Å². The summed E-state index contributed by atoms with van der Waals surface area (Å²) in [5, 5.41) is 0. The predicted molar refractivity (Wildman–Crippen MR) is 29.1 cm³/mol. The van der Waals surface area contributed by atoms with E-state index in [1.54, 1.807) is 0 Å². The molecule has 0 aromatic carbocycles. The van der Waals surface area contributed by atoms with Crippen LogP contribution in [0.4, 0.5) is 0 Å². The Bertz CT molecular complexity index is 8.04. The third-order valence-electron chi connectivity index (χ3n) is 0. The van der Waals surface area contributed by atoms with E-state index in [0.717, 1.165) is 6.42 Å². The first kappa shape index (κ1) is 37.1. The average molecular weight is 348 g/mol. The van der Waals surface area contributed by atoms with Gasteiger partial charge < -0.3 is 6.92 Å². The molecular weight excluding hydrogens is 333 g/mol. The van der Waals surface area contributed by atoms with Crippen molar-refractivity contribution >= 4 is 0 Å². The Hall–Kier alpha value is 1.79. The summed E-state index contributed by atoms with van der Waals surface area (Å²) in [6.45, 7) is 5.50. The topological polar surface area (TPSA) is 0 Å². The van der Waals surface area contributed by atoms with E-state index < -0.39 is 0 Å². The Labute approximate surface area is 88.0 Å². The molecule has 1 radical (unpaired) electrons. The van der Waals surface area contributed by atoms with Gasteiger partial charge in [0.25, 0.3) is 0 Å². The van der Waals surface area contributed by atoms with Crippen molar-refractivity contribution in [2.24, 2.45) is 0 Å². The fraction of sp³-hybridized carbons (Fsp3) is 0.800. The van der Waals surface area contributed by atoms with Crippen LogP contribution in [0.1, 0.15) is 28.2 Å². The van der Waals surface area contributed by atoms with E-state index in [2.05, 4.69) is 6.92 Å². The average Bonchev–Trinajstić information content (AvgIpc) is 0.918. The third-order valence-corrected chi connectivity index (χ3v) is 0. The first-order chi connectivity index (χ1) is 1.41. The van der Waals surface area contributed by atoms with Gasteiger partial charge in [-0.2, -0.15) is 6.42 Å². The third kappa shape index (κ3) is 81.4. The Morgan fingerprint density at radius 1 is 1.29 bits per heavy atom. The molecule has 0 fully saturated rings. The van der Waals surface area contributed by atoms with Crippen molar-refractivity contribution in [2.45, 2.75) is 28.2 Å². The van der Waals surface area contributed by atoms with Gasteiger partial charge in [0, 0.05) is 53.8 Å². The minimum Gasteiger partial charge on any atom is -0.344 e. The van der Waals surface area contributed by atoms with Crippen LogP contribution in [0.15, 0.2) is 0 Å². The van der Waals surface area contributed by atoms with E-state index in [1.807, 2.05) is 6.92 Å². The van der Waals surface area contributed by atoms with Crippen molar-refractivity contribution in [3.8, 4) is 0 Å². The summed E-state index contributed by atoms with van der Waals surface area (Å²) < 4.78 is 0. The molecule has 0 unspecified atom stereocenters. The molecule has 2 heteroatoms. The van der Waals surface area contributed by atoms with Crippen LogP contribution in [0.25, 0.3) is 0 Å². The zero-order chi connectivity index (χ0) is 2.71. The second-order valence-electron chi connectivity index (χ2n) is 0.500. The van der Waals surface area contributed by atoms with Gasteiger partial charge in [-0.25, -0.2) is 0 Å². The molecule has 0 aliphatic heterocycles. The molecular formula is C5H15WY-. The molecule has 0 bridgehead atoms. The SMILES string of the molecule is C.C.[CH2-]CC.[W].[Y]. The molecule has 0 aromatic rings. The second kappa shape index (κ2) is 46.1. The summed E-state index contributed by atoms with van der Waals surface area (Å²) >= 11 is 0. The van der Waals surface area contributed by atoms with E-state index >= 15 is 0 Å². The molecule has 0 aliphatic rings. The molecule has 0 nitrogen and oxygen atoms in total. The van der Waals surface area contributed by atoms with Crippen LogP contribution in [0.3, 0.4) is 0 Å². The number of hydrogen-bond acceptors (Lipinski definition) is 0. The van der Waals surface area contributed by atoms with Crippen LogP contribution in [0, 0.1) is 6.92 Å². The maximum Gasteiger partial charge on any atom is 0 e. The minimum absolute atomic E-state index is 0. The first-order valence-electron chi connectivity index (χ1n) is 1.21. The van der Waals surface area contributed by atoms with Gasteiger partial charge in [-0.15, -0.1) is 0 Å². The van der Waals surface area contributed by atoms with Crippen molar-refractivity contribution in [3.05, 3.63) is 6.92 Å². The van der Waals surface area contributed by atoms with Crippen molar-refractivity contribution in [2.75, 3.05) is 0 Å². The van der Waals surface area contributed by atoms with E-state index in [-0.39, 0.29) is 68.6 Å². The molecule has 45 valence electrons. The van der Waals surface area contributed by atoms with Crippen molar-refractivity contribution in [1.82, 2.24) is 0 Å². The normalized spacial score (nSPS) is 2.57. The first-order valence-corrected chi connectivity index (χ1v) is 1.21. The molecule has 0 aliphatic carbocycles. The van der Waals surface area contributed by atoms with E-state index in [0.29, 0.717) is 0 Å². The monoisotopic (exact) mass is 348 g/mol. The molecule has 0 N–H and O–H groups in total. The Morgan fingerprint density at radius 3 is 1.29 bits per heavy atom. The molecule has 0 atom stereocenters. The summed E-state index contributed by atoms with van der Waals surface area (Å²) in [5.41, 5.74) is 0. The van der Waals surface area contributed by atoms with Crippen molar-refractivity contribution in [1.29, 1.82) is 0 Å². The van der Waals surface area contributed by atoms with Gasteiger partial charge in [0.05, 0.1) is 0 Å². The molecule has 0 aromatic heterocycles. The van der Waals surface area contributed by atoms with Crippen LogP contribution in [-0.4, -0.2) is 0 Å². The van der Waals surface area contributed by atoms with Gasteiger partial charge in [-0.05, 0) is 0 Å². The zero-order valence-electron chi connectivity index (χ0n) is 3.40. The van der Waals surface area contributed by atoms with Gasteiger partial charge in [-0.1, -0.05) is 21.8 Å². The molecule has 0 saturated heterocycles. The van der Waals surface area contributed by atoms with Gasteiger partial charge in [-0.3, -0.25) is 0 Å². The van der Waals surface area contributed by atoms with Crippen LogP contribution in [-0.2, 0) is 53.8 Å². The van der Waals surface area contributed by atoms with Gasteiger partial charge in [0.15, 0.2) is 0 Å². The van der Waals surface area contributed by atoms with Crippen molar-refractivity contribution in [3.63, 3.8) is 0 Å². The Balaban J connectivity index is -0.00000000333. The number of hydrogen-bond donors (Lipinski definition) is 0. The summed E-state index contributed by atoms with van der Waals surface area (Å²) in [6.07, 6.45) is 1.00. The summed E-state index contributed by atoms with van der Waals surface area (Å²) in [7, 11) is 0. The molecule has 0 amide bonds. The maximum absolute atomic E-state index is 3.49. The predicted octanol–water partition coefficient (Wildman–Crippen LogP) is 2.50. The quantitative estimate of drug-likeness (QED) is 0.591. The smallest absolute Gasteiger partial charge is 0 e. The largest absolute Gasteiger partial charge is 0.344 e. The van der Waals surface area contributed by atoms with Crippen LogP contribution in [0.2, 0.25) is 0 Å². The van der Waals surface area contributed by atoms with Crippen LogP contribution in [0.5, 0.6) is 0 Å². The summed E-state index contributed by atoms with van der Waals surface area (Å²) in [5.74, 6) is 0. The van der Waals surface area contributed by atoms with Crippen LogP contribution >= 0.6 is 0 Å². The van der Waals surface area contributed by atoms with Gasteiger partial charge >= 0.3 is 0 Å². The van der Waals surface area contributed by atoms with Crippen molar-refractivity contribution < 1.29 is 53.8 Å². The van der Waals surface area contributed by atoms with Gasteiger partial charge in [0.2, 0.25) is 0 Å². The Kier molecular flexibility index (Phi) is 245. The second-order valence-corrected chi connectivity index (χ2v) is 0.500. The fourth-order valence-corrected chi connectivity index (χ4v) is 0. The fourth-order valence-electron chi connectivity index (χ4n) is 0. The summed E-state index contributed by atoms with van der Waals surface area (Å²) in [4.78, 5) is 0. The molecule has 0 rings (SSSR count). The summed E-state index contributed by atoms with van der Waals surface area (Å²) in [6, 6.07) is 0. The minimum atomic E-state index is 0. The molecule has 7 heavy (non-hydrogen) atoms. The van der Waals surface area contributed by atoms with E-state index in [9.17, 15) is 0 Å². The Morgan fingerprint density at radius 2 is 1.29 bits per heavy atom. The number of rotatable bonds is 0. The van der Waals surface area contributed by atoms with Gasteiger partial charge in [0.1, 0.15) is 0 Å². The molecule has 0 spiro atoms. The molecule has 0 saturated carbocycles. The zero-order valence-corrected chi connectivity index (χ0v) is 9.17. The van der Waals surface area contributed by atoms with E-state index in [1.165, 1.54) is 0 Å². The maximum atomic E-state index is 3.49. The molecule has 0 heterocycles.